The van der Waals surface area contributed by atoms with Gasteiger partial charge in [-0.05, 0) is 37.1 Å². The quantitative estimate of drug-likeness (QED) is 0.750. The van der Waals surface area contributed by atoms with Gasteiger partial charge in [0.25, 0.3) is 0 Å². The first-order chi connectivity index (χ1) is 7.99. The second-order valence-corrected chi connectivity index (χ2v) is 4.04. The summed E-state index contributed by atoms with van der Waals surface area (Å²) in [6, 6.07) is 3.98. The predicted octanol–water partition coefficient (Wildman–Crippen LogP) is 1.92. The number of likely N-dealkylation sites (N-methyl/N-ethyl adjacent to an activating group) is 1. The lowest BCUT2D eigenvalue weighted by molar-refractivity contribution is -0.138. The van der Waals surface area contributed by atoms with Crippen LogP contribution in [0.1, 0.15) is 11.1 Å². The number of nitrogens with zero attached hydrogens (tertiary/aromatic N) is 1. The highest BCUT2D eigenvalue weighted by molar-refractivity contribution is 5.76. The minimum absolute atomic E-state index is 0.239. The van der Waals surface area contributed by atoms with Gasteiger partial charge >= 0.3 is 5.97 Å². The van der Waals surface area contributed by atoms with Gasteiger partial charge in [0.2, 0.25) is 0 Å². The number of hydrogen-bond acceptors (Lipinski definition) is 4. The summed E-state index contributed by atoms with van der Waals surface area (Å²) < 4.78 is 9.90. The highest BCUT2D eigenvalue weighted by atomic mass is 16.5. The molecule has 0 aliphatic carbocycles. The van der Waals surface area contributed by atoms with Gasteiger partial charge in [0, 0.05) is 12.7 Å². The van der Waals surface area contributed by atoms with Crippen LogP contribution in [0, 0.1) is 13.8 Å². The Morgan fingerprint density at radius 3 is 2.41 bits per heavy atom. The van der Waals surface area contributed by atoms with Gasteiger partial charge in [0.15, 0.2) is 0 Å². The van der Waals surface area contributed by atoms with Gasteiger partial charge in [0.1, 0.15) is 12.3 Å². The topological polar surface area (TPSA) is 38.8 Å². The van der Waals surface area contributed by atoms with Gasteiger partial charge in [-0.15, -0.1) is 0 Å². The number of hydrogen-bond donors (Lipinski definition) is 0. The Morgan fingerprint density at radius 1 is 1.24 bits per heavy atom. The molecule has 0 unspecified atom stereocenters. The van der Waals surface area contributed by atoms with Crippen molar-refractivity contribution in [2.75, 3.05) is 32.7 Å². The lowest BCUT2D eigenvalue weighted by Crippen LogP contribution is -2.27. The molecular weight excluding hydrogens is 218 g/mol. The van der Waals surface area contributed by atoms with Crippen LogP contribution >= 0.6 is 0 Å². The molecule has 0 atom stereocenters. The molecule has 0 saturated carbocycles. The zero-order valence-corrected chi connectivity index (χ0v) is 11.0. The molecule has 94 valence electrons. The van der Waals surface area contributed by atoms with Crippen LogP contribution in [0.3, 0.4) is 0 Å². The first-order valence-corrected chi connectivity index (χ1v) is 5.42. The van der Waals surface area contributed by atoms with Gasteiger partial charge in [-0.1, -0.05) is 0 Å². The van der Waals surface area contributed by atoms with Crippen molar-refractivity contribution in [3.05, 3.63) is 23.3 Å². The van der Waals surface area contributed by atoms with E-state index in [0.717, 1.165) is 22.6 Å². The van der Waals surface area contributed by atoms with E-state index < -0.39 is 0 Å². The molecule has 17 heavy (non-hydrogen) atoms. The third-order valence-electron chi connectivity index (χ3n) is 2.72. The molecule has 0 aromatic heterocycles. The van der Waals surface area contributed by atoms with Crippen molar-refractivity contribution >= 4 is 11.7 Å². The van der Waals surface area contributed by atoms with Crippen LogP contribution < -0.4 is 9.64 Å². The van der Waals surface area contributed by atoms with Crippen LogP contribution in [-0.4, -0.2) is 33.8 Å². The summed E-state index contributed by atoms with van der Waals surface area (Å²) in [6.07, 6.45) is 0. The van der Waals surface area contributed by atoms with Gasteiger partial charge in [-0.25, -0.2) is 0 Å². The van der Waals surface area contributed by atoms with Crippen LogP contribution in [0.4, 0.5) is 5.69 Å². The van der Waals surface area contributed by atoms with Gasteiger partial charge < -0.3 is 14.4 Å². The second kappa shape index (κ2) is 5.57. The van der Waals surface area contributed by atoms with Crippen LogP contribution in [0.2, 0.25) is 0 Å². The molecule has 1 aromatic rings. The molecule has 0 radical (unpaired) electrons. The number of rotatable bonds is 4. The fourth-order valence-corrected chi connectivity index (χ4v) is 1.75. The van der Waals surface area contributed by atoms with E-state index in [1.807, 2.05) is 37.9 Å². The summed E-state index contributed by atoms with van der Waals surface area (Å²) in [4.78, 5) is 13.1. The predicted molar refractivity (Wildman–Crippen MR) is 67.8 cm³/mol. The van der Waals surface area contributed by atoms with Crippen LogP contribution in [-0.2, 0) is 9.53 Å². The summed E-state index contributed by atoms with van der Waals surface area (Å²) in [5, 5.41) is 0. The van der Waals surface area contributed by atoms with Crippen molar-refractivity contribution in [2.24, 2.45) is 0 Å². The number of benzene rings is 1. The average molecular weight is 237 g/mol. The molecule has 0 amide bonds. The number of methoxy groups -OCH3 is 2. The number of carbonyl (C=O) groups is 1. The summed E-state index contributed by atoms with van der Waals surface area (Å²) >= 11 is 0. The monoisotopic (exact) mass is 237 g/mol. The van der Waals surface area contributed by atoms with Crippen LogP contribution in [0.15, 0.2) is 12.1 Å². The molecule has 0 aliphatic rings. The first-order valence-electron chi connectivity index (χ1n) is 5.42. The Balaban J connectivity index is 2.98. The fraction of sp³-hybridized carbons (Fsp3) is 0.462. The van der Waals surface area contributed by atoms with E-state index >= 15 is 0 Å². The van der Waals surface area contributed by atoms with Gasteiger partial charge in [-0.3, -0.25) is 4.79 Å². The zero-order chi connectivity index (χ0) is 13.0. The minimum atomic E-state index is -0.250. The zero-order valence-electron chi connectivity index (χ0n) is 11.0. The van der Waals surface area contributed by atoms with Gasteiger partial charge in [-0.2, -0.15) is 0 Å². The highest BCUT2D eigenvalue weighted by Gasteiger charge is 2.11. The molecule has 0 fully saturated rings. The third kappa shape index (κ3) is 3.12. The molecule has 0 saturated heterocycles. The maximum atomic E-state index is 11.2. The van der Waals surface area contributed by atoms with Crippen molar-refractivity contribution < 1.29 is 14.3 Å². The SMILES string of the molecule is COC(=O)CN(C)c1cc(C)c(OC)cc1C. The summed E-state index contributed by atoms with van der Waals surface area (Å²) in [5.41, 5.74) is 3.12. The number of carbonyl (C=O) groups excluding carboxylic acids is 1. The Labute approximate surface area is 102 Å². The first kappa shape index (κ1) is 13.4. The fourth-order valence-electron chi connectivity index (χ4n) is 1.75. The molecule has 0 heterocycles. The van der Waals surface area contributed by atoms with E-state index in [1.165, 1.54) is 7.11 Å². The van der Waals surface area contributed by atoms with E-state index in [1.54, 1.807) is 7.11 Å². The molecule has 0 aliphatic heterocycles. The van der Waals surface area contributed by atoms with E-state index in [-0.39, 0.29) is 12.5 Å². The molecular formula is C13H19NO3. The average Bonchev–Trinajstić information content (AvgIpc) is 2.31. The maximum absolute atomic E-state index is 11.2. The number of aryl methyl sites for hydroxylation is 2. The van der Waals surface area contributed by atoms with Crippen molar-refractivity contribution in [3.8, 4) is 5.75 Å². The lowest BCUT2D eigenvalue weighted by Gasteiger charge is -2.21. The molecule has 4 nitrogen and oxygen atoms in total. The molecule has 1 aromatic carbocycles. The summed E-state index contributed by atoms with van der Waals surface area (Å²) in [7, 11) is 4.91. The summed E-state index contributed by atoms with van der Waals surface area (Å²) in [6.45, 7) is 4.21. The Kier molecular flexibility index (Phi) is 4.37. The Bertz CT molecular complexity index is 415. The van der Waals surface area contributed by atoms with Crippen molar-refractivity contribution in [1.82, 2.24) is 0 Å². The van der Waals surface area contributed by atoms with E-state index in [9.17, 15) is 4.79 Å². The van der Waals surface area contributed by atoms with Crippen molar-refractivity contribution in [1.29, 1.82) is 0 Å². The van der Waals surface area contributed by atoms with Crippen molar-refractivity contribution in [3.63, 3.8) is 0 Å². The molecule has 0 spiro atoms. The number of esters is 1. The maximum Gasteiger partial charge on any atom is 0.325 e. The molecule has 4 heteroatoms. The molecule has 0 N–H and O–H groups in total. The van der Waals surface area contributed by atoms with Crippen molar-refractivity contribution in [2.45, 2.75) is 13.8 Å². The van der Waals surface area contributed by atoms with E-state index in [4.69, 9.17) is 4.74 Å². The van der Waals surface area contributed by atoms with E-state index in [2.05, 4.69) is 4.74 Å². The standard InChI is InChI=1S/C13H19NO3/c1-9-7-12(16-4)10(2)6-11(9)14(3)8-13(15)17-5/h6-7H,8H2,1-5H3. The molecule has 0 bridgehead atoms. The number of anilines is 1. The summed E-state index contributed by atoms with van der Waals surface area (Å²) in [5.74, 6) is 0.609. The van der Waals surface area contributed by atoms with E-state index in [0.29, 0.717) is 0 Å². The highest BCUT2D eigenvalue weighted by Crippen LogP contribution is 2.27. The Morgan fingerprint density at radius 2 is 1.88 bits per heavy atom. The third-order valence-corrected chi connectivity index (χ3v) is 2.72. The molecule has 1 rings (SSSR count). The van der Waals surface area contributed by atoms with Gasteiger partial charge in [0.05, 0.1) is 14.2 Å². The van der Waals surface area contributed by atoms with Crippen LogP contribution in [0.5, 0.6) is 5.75 Å². The second-order valence-electron chi connectivity index (χ2n) is 4.04. The largest absolute Gasteiger partial charge is 0.496 e. The Hall–Kier alpha value is -1.71. The normalized spacial score (nSPS) is 9.94. The number of ether oxygens (including phenoxy) is 2. The van der Waals surface area contributed by atoms with Crippen LogP contribution in [0.25, 0.3) is 0 Å². The minimum Gasteiger partial charge on any atom is -0.496 e. The lowest BCUT2D eigenvalue weighted by atomic mass is 10.1. The smallest absolute Gasteiger partial charge is 0.325 e.